The zero-order valence-electron chi connectivity index (χ0n) is 10.9. The molecule has 3 N–H and O–H groups in total. The molecule has 0 bridgehead atoms. The Balaban J connectivity index is 2.75. The van der Waals surface area contributed by atoms with Crippen LogP contribution in [0.3, 0.4) is 0 Å². The van der Waals surface area contributed by atoms with Crippen molar-refractivity contribution in [3.8, 4) is 0 Å². The van der Waals surface area contributed by atoms with Crippen molar-refractivity contribution in [2.24, 2.45) is 5.84 Å². The molecule has 0 amide bonds. The highest BCUT2D eigenvalue weighted by molar-refractivity contribution is 7.90. The molecule has 0 aliphatic carbocycles. The molecule has 20 heavy (non-hydrogen) atoms. The maximum Gasteiger partial charge on any atom is 0.416 e. The second kappa shape index (κ2) is 6.55. The number of hydrogen-bond donors (Lipinski definition) is 2. The van der Waals surface area contributed by atoms with E-state index in [1.165, 1.54) is 6.07 Å². The highest BCUT2D eigenvalue weighted by atomic mass is 32.2. The van der Waals surface area contributed by atoms with Gasteiger partial charge in [-0.2, -0.15) is 13.2 Å². The average molecular weight is 310 g/mol. The fraction of sp³-hybridized carbons (Fsp3) is 0.500. The van der Waals surface area contributed by atoms with Crippen LogP contribution in [0, 0.1) is 0 Å². The van der Waals surface area contributed by atoms with E-state index >= 15 is 0 Å². The zero-order valence-corrected chi connectivity index (χ0v) is 11.8. The summed E-state index contributed by atoms with van der Waals surface area (Å²) in [4.78, 5) is 0. The van der Waals surface area contributed by atoms with Crippen molar-refractivity contribution in [3.05, 3.63) is 35.4 Å². The van der Waals surface area contributed by atoms with Gasteiger partial charge in [0.25, 0.3) is 0 Å². The minimum atomic E-state index is -4.39. The predicted octanol–water partition coefficient (Wildman–Crippen LogP) is 1.51. The van der Waals surface area contributed by atoms with Crippen LogP contribution in [0.25, 0.3) is 0 Å². The highest BCUT2D eigenvalue weighted by Gasteiger charge is 2.30. The standard InChI is InChI=1S/C12H17F3N2O2S/c1-20(18,19)6-5-11(17-16)8-9-3-2-4-10(7-9)12(13,14)15/h2-4,7,11,17H,5-6,8,16H2,1H3. The van der Waals surface area contributed by atoms with Crippen LogP contribution in [-0.4, -0.2) is 26.5 Å². The molecule has 1 rings (SSSR count). The number of benzene rings is 1. The van der Waals surface area contributed by atoms with Gasteiger partial charge in [0.05, 0.1) is 11.3 Å². The Kier molecular flexibility index (Phi) is 5.55. The summed E-state index contributed by atoms with van der Waals surface area (Å²) in [6.45, 7) is 0. The largest absolute Gasteiger partial charge is 0.416 e. The van der Waals surface area contributed by atoms with Gasteiger partial charge in [0.2, 0.25) is 0 Å². The van der Waals surface area contributed by atoms with Crippen LogP contribution < -0.4 is 11.3 Å². The van der Waals surface area contributed by atoms with Gasteiger partial charge in [0, 0.05) is 12.3 Å². The second-order valence-electron chi connectivity index (χ2n) is 4.68. The quantitative estimate of drug-likeness (QED) is 0.617. The molecule has 0 fully saturated rings. The second-order valence-corrected chi connectivity index (χ2v) is 6.94. The Bertz CT molecular complexity index is 544. The summed E-state index contributed by atoms with van der Waals surface area (Å²) in [5.41, 5.74) is 2.16. The molecule has 0 aliphatic heterocycles. The third-order valence-corrected chi connectivity index (χ3v) is 3.79. The Morgan fingerprint density at radius 2 is 2.00 bits per heavy atom. The average Bonchev–Trinajstić information content (AvgIpc) is 2.32. The Morgan fingerprint density at radius 1 is 1.35 bits per heavy atom. The summed E-state index contributed by atoms with van der Waals surface area (Å²) in [6.07, 6.45) is -2.82. The molecule has 0 spiro atoms. The Morgan fingerprint density at radius 3 is 2.50 bits per heavy atom. The summed E-state index contributed by atoms with van der Waals surface area (Å²) in [7, 11) is -3.13. The Hall–Kier alpha value is -1.12. The molecular weight excluding hydrogens is 293 g/mol. The topological polar surface area (TPSA) is 72.2 Å². The van der Waals surface area contributed by atoms with Crippen molar-refractivity contribution in [1.29, 1.82) is 0 Å². The van der Waals surface area contributed by atoms with E-state index in [1.807, 2.05) is 0 Å². The van der Waals surface area contributed by atoms with Crippen molar-refractivity contribution in [1.82, 2.24) is 5.43 Å². The molecule has 0 aliphatic rings. The van der Waals surface area contributed by atoms with Crippen LogP contribution >= 0.6 is 0 Å². The lowest BCUT2D eigenvalue weighted by molar-refractivity contribution is -0.137. The number of hydrazine groups is 1. The fourth-order valence-electron chi connectivity index (χ4n) is 1.76. The minimum absolute atomic E-state index is 0.0686. The third-order valence-electron chi connectivity index (χ3n) is 2.81. The van der Waals surface area contributed by atoms with Gasteiger partial charge >= 0.3 is 6.18 Å². The van der Waals surface area contributed by atoms with Crippen molar-refractivity contribution in [2.75, 3.05) is 12.0 Å². The number of sulfone groups is 1. The minimum Gasteiger partial charge on any atom is -0.271 e. The predicted molar refractivity (Wildman–Crippen MR) is 70.6 cm³/mol. The summed E-state index contributed by atoms with van der Waals surface area (Å²) < 4.78 is 59.9. The molecule has 1 unspecified atom stereocenters. The molecule has 0 radical (unpaired) electrons. The van der Waals surface area contributed by atoms with Gasteiger partial charge in [-0.1, -0.05) is 18.2 Å². The maximum absolute atomic E-state index is 12.6. The molecule has 1 atom stereocenters. The molecule has 1 aromatic rings. The first-order valence-corrected chi connectivity index (χ1v) is 7.98. The fourth-order valence-corrected chi connectivity index (χ4v) is 2.47. The molecular formula is C12H17F3N2O2S. The van der Waals surface area contributed by atoms with Crippen LogP contribution in [0.1, 0.15) is 17.5 Å². The van der Waals surface area contributed by atoms with Gasteiger partial charge in [-0.3, -0.25) is 11.3 Å². The van der Waals surface area contributed by atoms with Crippen molar-refractivity contribution >= 4 is 9.84 Å². The summed E-state index contributed by atoms with van der Waals surface area (Å²) in [5.74, 6) is 5.24. The lowest BCUT2D eigenvalue weighted by Crippen LogP contribution is -2.38. The van der Waals surface area contributed by atoms with E-state index in [2.05, 4.69) is 5.43 Å². The highest BCUT2D eigenvalue weighted by Crippen LogP contribution is 2.29. The first kappa shape index (κ1) is 16.9. The van der Waals surface area contributed by atoms with E-state index in [9.17, 15) is 21.6 Å². The Labute approximate surface area is 116 Å². The molecule has 114 valence electrons. The normalized spacial score (nSPS) is 14.2. The first-order chi connectivity index (χ1) is 9.12. The molecule has 8 heteroatoms. The number of halogens is 3. The summed E-state index contributed by atoms with van der Waals surface area (Å²) in [5, 5.41) is 0. The first-order valence-electron chi connectivity index (χ1n) is 5.92. The van der Waals surface area contributed by atoms with Gasteiger partial charge in [-0.15, -0.1) is 0 Å². The molecule has 0 saturated carbocycles. The van der Waals surface area contributed by atoms with Gasteiger partial charge in [0.15, 0.2) is 0 Å². The monoisotopic (exact) mass is 310 g/mol. The van der Waals surface area contributed by atoms with E-state index < -0.39 is 27.6 Å². The van der Waals surface area contributed by atoms with Crippen molar-refractivity contribution < 1.29 is 21.6 Å². The molecule has 0 saturated heterocycles. The molecule has 0 aromatic heterocycles. The van der Waals surface area contributed by atoms with E-state index in [-0.39, 0.29) is 18.6 Å². The van der Waals surface area contributed by atoms with Gasteiger partial charge in [-0.05, 0) is 24.5 Å². The van der Waals surface area contributed by atoms with E-state index in [1.54, 1.807) is 6.07 Å². The van der Waals surface area contributed by atoms with Crippen molar-refractivity contribution in [2.45, 2.75) is 25.1 Å². The SMILES string of the molecule is CS(=O)(=O)CCC(Cc1cccc(C(F)(F)F)c1)NN. The molecule has 4 nitrogen and oxygen atoms in total. The number of rotatable bonds is 6. The maximum atomic E-state index is 12.6. The van der Waals surface area contributed by atoms with E-state index in [0.717, 1.165) is 18.4 Å². The lowest BCUT2D eigenvalue weighted by atomic mass is 10.0. The lowest BCUT2D eigenvalue weighted by Gasteiger charge is -2.16. The summed E-state index contributed by atoms with van der Waals surface area (Å²) in [6, 6.07) is 4.52. The smallest absolute Gasteiger partial charge is 0.271 e. The van der Waals surface area contributed by atoms with Crippen molar-refractivity contribution in [3.63, 3.8) is 0 Å². The number of nitrogens with one attached hydrogen (secondary N) is 1. The van der Waals surface area contributed by atoms with Gasteiger partial charge in [-0.25, -0.2) is 8.42 Å². The van der Waals surface area contributed by atoms with Crippen LogP contribution in [0.5, 0.6) is 0 Å². The third kappa shape index (κ3) is 5.89. The molecule has 0 heterocycles. The van der Waals surface area contributed by atoms with Gasteiger partial charge < -0.3 is 0 Å². The number of hydrogen-bond acceptors (Lipinski definition) is 4. The van der Waals surface area contributed by atoms with Crippen LogP contribution in [0.2, 0.25) is 0 Å². The van der Waals surface area contributed by atoms with E-state index in [0.29, 0.717) is 5.56 Å². The van der Waals surface area contributed by atoms with Crippen LogP contribution in [-0.2, 0) is 22.4 Å². The number of alkyl halides is 3. The number of nitrogens with two attached hydrogens (primary N) is 1. The van der Waals surface area contributed by atoms with Crippen LogP contribution in [0.4, 0.5) is 13.2 Å². The zero-order chi connectivity index (χ0) is 15.4. The van der Waals surface area contributed by atoms with Gasteiger partial charge in [0.1, 0.15) is 9.84 Å². The summed E-state index contributed by atoms with van der Waals surface area (Å²) >= 11 is 0. The van der Waals surface area contributed by atoms with Crippen LogP contribution in [0.15, 0.2) is 24.3 Å². The molecule has 1 aromatic carbocycles. The van der Waals surface area contributed by atoms with E-state index in [4.69, 9.17) is 5.84 Å².